The van der Waals surface area contributed by atoms with Crippen LogP contribution in [0.3, 0.4) is 0 Å². The minimum absolute atomic E-state index is 0.0289. The molecule has 1 aromatic carbocycles. The summed E-state index contributed by atoms with van der Waals surface area (Å²) in [7, 11) is 0. The third kappa shape index (κ3) is 5.86. The smallest absolute Gasteiger partial charge is 0.230 e. The number of aromatic nitrogens is 2. The van der Waals surface area contributed by atoms with Crippen molar-refractivity contribution in [1.82, 2.24) is 15.5 Å². The highest BCUT2D eigenvalue weighted by molar-refractivity contribution is 8.03. The van der Waals surface area contributed by atoms with Gasteiger partial charge < -0.3 is 10.1 Å². The Bertz CT molecular complexity index is 619. The van der Waals surface area contributed by atoms with E-state index in [4.69, 9.17) is 4.74 Å². The Morgan fingerprint density at radius 3 is 2.91 bits per heavy atom. The van der Waals surface area contributed by atoms with E-state index in [-0.39, 0.29) is 5.91 Å². The van der Waals surface area contributed by atoms with E-state index in [0.29, 0.717) is 18.9 Å². The average molecular weight is 356 g/mol. The summed E-state index contributed by atoms with van der Waals surface area (Å²) in [4.78, 5) is 11.7. The van der Waals surface area contributed by atoms with Crippen molar-refractivity contribution < 1.29 is 9.53 Å². The fourth-order valence-corrected chi connectivity index (χ4v) is 3.85. The Morgan fingerprint density at radius 1 is 1.36 bits per heavy atom. The molecule has 8 heteroatoms. The van der Waals surface area contributed by atoms with E-state index in [1.54, 1.807) is 11.8 Å². The number of amides is 1. The van der Waals surface area contributed by atoms with Crippen LogP contribution in [0.15, 0.2) is 32.9 Å². The van der Waals surface area contributed by atoms with Gasteiger partial charge in [-0.05, 0) is 30.9 Å². The topological polar surface area (TPSA) is 64.1 Å². The number of ether oxygens (including phenoxy) is 1. The van der Waals surface area contributed by atoms with Crippen LogP contribution in [0.2, 0.25) is 0 Å². The first-order valence-electron chi connectivity index (χ1n) is 6.64. The number of rotatable bonds is 8. The van der Waals surface area contributed by atoms with Crippen LogP contribution in [-0.2, 0) is 4.79 Å². The molecule has 0 radical (unpaired) electrons. The van der Waals surface area contributed by atoms with Crippen LogP contribution < -0.4 is 10.1 Å². The van der Waals surface area contributed by atoms with Crippen molar-refractivity contribution in [1.29, 1.82) is 0 Å². The van der Waals surface area contributed by atoms with Gasteiger partial charge in [-0.2, -0.15) is 0 Å². The van der Waals surface area contributed by atoms with Crippen molar-refractivity contribution >= 4 is 40.8 Å². The first-order valence-corrected chi connectivity index (χ1v) is 9.66. The molecule has 1 heterocycles. The Hall–Kier alpha value is -1.25. The SMILES string of the molecule is CSc1nnc(SCC(=O)NCCOc2cccc(C)c2)s1. The van der Waals surface area contributed by atoms with Gasteiger partial charge in [0, 0.05) is 0 Å². The molecule has 0 aliphatic carbocycles. The van der Waals surface area contributed by atoms with Crippen LogP contribution in [-0.4, -0.2) is 41.3 Å². The van der Waals surface area contributed by atoms with E-state index < -0.39 is 0 Å². The lowest BCUT2D eigenvalue weighted by molar-refractivity contribution is -0.118. The molecule has 0 saturated heterocycles. The predicted octanol–water partition coefficient (Wildman–Crippen LogP) is 2.86. The second-order valence-electron chi connectivity index (χ2n) is 4.34. The first-order chi connectivity index (χ1) is 10.7. The highest BCUT2D eigenvalue weighted by Crippen LogP contribution is 2.26. The molecule has 0 bridgehead atoms. The molecular formula is C14H17N3O2S3. The molecule has 0 atom stereocenters. The van der Waals surface area contributed by atoms with Gasteiger partial charge in [-0.25, -0.2) is 0 Å². The Kier molecular flexibility index (Phi) is 7.01. The van der Waals surface area contributed by atoms with Gasteiger partial charge in [0.25, 0.3) is 0 Å². The number of thioether (sulfide) groups is 2. The fourth-order valence-electron chi connectivity index (χ4n) is 1.58. The summed E-state index contributed by atoms with van der Waals surface area (Å²) in [6.45, 7) is 2.95. The number of hydrogen-bond acceptors (Lipinski definition) is 7. The summed E-state index contributed by atoms with van der Waals surface area (Å²) in [5.74, 6) is 1.13. The minimum Gasteiger partial charge on any atom is -0.492 e. The molecule has 22 heavy (non-hydrogen) atoms. The van der Waals surface area contributed by atoms with E-state index >= 15 is 0 Å². The van der Waals surface area contributed by atoms with Gasteiger partial charge in [0.1, 0.15) is 12.4 Å². The molecule has 0 aliphatic rings. The van der Waals surface area contributed by atoms with E-state index in [0.717, 1.165) is 20.0 Å². The lowest BCUT2D eigenvalue weighted by Crippen LogP contribution is -2.29. The Morgan fingerprint density at radius 2 is 2.18 bits per heavy atom. The largest absolute Gasteiger partial charge is 0.492 e. The quantitative estimate of drug-likeness (QED) is 0.580. The van der Waals surface area contributed by atoms with Crippen LogP contribution in [0, 0.1) is 6.92 Å². The summed E-state index contributed by atoms with van der Waals surface area (Å²) in [6.07, 6.45) is 1.95. The summed E-state index contributed by atoms with van der Waals surface area (Å²) in [6, 6.07) is 7.84. The van der Waals surface area contributed by atoms with E-state index in [2.05, 4.69) is 15.5 Å². The van der Waals surface area contributed by atoms with Crippen LogP contribution in [0.1, 0.15) is 5.56 Å². The van der Waals surface area contributed by atoms with Crippen LogP contribution in [0.5, 0.6) is 5.75 Å². The zero-order valence-corrected chi connectivity index (χ0v) is 14.8. The number of benzene rings is 1. The standard InChI is InChI=1S/C14H17N3O2S3/c1-10-4-3-5-11(8-10)19-7-6-15-12(18)9-21-14-17-16-13(20-2)22-14/h3-5,8H,6-7,9H2,1-2H3,(H,15,18). The normalized spacial score (nSPS) is 10.5. The number of nitrogens with zero attached hydrogens (tertiary/aromatic N) is 2. The Balaban J connectivity index is 1.61. The van der Waals surface area contributed by atoms with Crippen LogP contribution in [0.4, 0.5) is 0 Å². The van der Waals surface area contributed by atoms with Crippen LogP contribution in [0.25, 0.3) is 0 Å². The molecule has 0 aliphatic heterocycles. The summed E-state index contributed by atoms with van der Waals surface area (Å²) in [5, 5.41) is 10.8. The van der Waals surface area contributed by atoms with Crippen LogP contribution >= 0.6 is 34.9 Å². The van der Waals surface area contributed by atoms with Gasteiger partial charge in [0.05, 0.1) is 12.3 Å². The maximum Gasteiger partial charge on any atom is 0.230 e. The Labute approximate surface area is 142 Å². The van der Waals surface area contributed by atoms with Crippen molar-refractivity contribution in [3.05, 3.63) is 29.8 Å². The second-order valence-corrected chi connectivity index (χ2v) is 7.59. The zero-order chi connectivity index (χ0) is 15.8. The van der Waals surface area contributed by atoms with Crippen molar-refractivity contribution in [2.24, 2.45) is 0 Å². The highest BCUT2D eigenvalue weighted by atomic mass is 32.2. The molecule has 2 aromatic rings. The summed E-state index contributed by atoms with van der Waals surface area (Å²) < 4.78 is 7.30. The number of nitrogens with one attached hydrogen (secondary N) is 1. The van der Waals surface area contributed by atoms with E-state index in [1.165, 1.54) is 23.1 Å². The monoisotopic (exact) mass is 355 g/mol. The predicted molar refractivity (Wildman–Crippen MR) is 92.1 cm³/mol. The third-order valence-corrected chi connectivity index (χ3v) is 5.60. The lowest BCUT2D eigenvalue weighted by Gasteiger charge is -2.07. The number of hydrogen-bond donors (Lipinski definition) is 1. The van der Waals surface area contributed by atoms with Gasteiger partial charge >= 0.3 is 0 Å². The average Bonchev–Trinajstić information content (AvgIpc) is 2.98. The first kappa shape index (κ1) is 17.1. The van der Waals surface area contributed by atoms with E-state index in [1.807, 2.05) is 37.4 Å². The van der Waals surface area contributed by atoms with Gasteiger partial charge in [-0.15, -0.1) is 10.2 Å². The van der Waals surface area contributed by atoms with Gasteiger partial charge in [0.2, 0.25) is 5.91 Å². The van der Waals surface area contributed by atoms with Crippen molar-refractivity contribution in [3.63, 3.8) is 0 Å². The maximum atomic E-state index is 11.7. The van der Waals surface area contributed by atoms with Gasteiger partial charge in [0.15, 0.2) is 8.68 Å². The second kappa shape index (κ2) is 9.02. The van der Waals surface area contributed by atoms with Gasteiger partial charge in [-0.3, -0.25) is 4.79 Å². The summed E-state index contributed by atoms with van der Waals surface area (Å²) >= 11 is 4.45. The molecule has 0 saturated carbocycles. The van der Waals surface area contributed by atoms with Gasteiger partial charge in [-0.1, -0.05) is 47.0 Å². The lowest BCUT2D eigenvalue weighted by atomic mass is 10.2. The fraction of sp³-hybridized carbons (Fsp3) is 0.357. The van der Waals surface area contributed by atoms with E-state index in [9.17, 15) is 4.79 Å². The third-order valence-electron chi connectivity index (χ3n) is 2.57. The molecule has 0 fully saturated rings. The summed E-state index contributed by atoms with van der Waals surface area (Å²) in [5.41, 5.74) is 1.15. The number of carbonyl (C=O) groups excluding carboxylic acids is 1. The maximum absolute atomic E-state index is 11.7. The molecule has 1 N–H and O–H groups in total. The zero-order valence-electron chi connectivity index (χ0n) is 12.4. The molecule has 1 amide bonds. The van der Waals surface area contributed by atoms with Crippen molar-refractivity contribution in [2.45, 2.75) is 15.6 Å². The molecule has 2 rings (SSSR count). The molecule has 118 valence electrons. The molecular weight excluding hydrogens is 338 g/mol. The highest BCUT2D eigenvalue weighted by Gasteiger charge is 2.07. The molecule has 1 aromatic heterocycles. The minimum atomic E-state index is -0.0289. The number of aryl methyl sites for hydroxylation is 1. The molecule has 0 spiro atoms. The molecule has 0 unspecified atom stereocenters. The van der Waals surface area contributed by atoms with Crippen molar-refractivity contribution in [2.75, 3.05) is 25.2 Å². The van der Waals surface area contributed by atoms with Crippen molar-refractivity contribution in [3.8, 4) is 5.75 Å². The molecule has 5 nitrogen and oxygen atoms in total. The number of carbonyl (C=O) groups is 1.